The molecule has 1 atom stereocenters. The molecule has 1 unspecified atom stereocenters. The van der Waals surface area contributed by atoms with E-state index in [-0.39, 0.29) is 11.3 Å². The van der Waals surface area contributed by atoms with Gasteiger partial charge in [0, 0.05) is 11.3 Å². The fourth-order valence-corrected chi connectivity index (χ4v) is 1.79. The Kier molecular flexibility index (Phi) is 2.51. The lowest BCUT2D eigenvalue weighted by molar-refractivity contribution is -0.152. The van der Waals surface area contributed by atoms with E-state index in [4.69, 9.17) is 0 Å². The molecule has 0 fully saturated rings. The summed E-state index contributed by atoms with van der Waals surface area (Å²) in [7, 11) is 1.17. The number of phenols is 1. The van der Waals surface area contributed by atoms with E-state index in [2.05, 4.69) is 10.1 Å². The largest absolute Gasteiger partial charge is 0.508 e. The maximum atomic E-state index is 11.7. The van der Waals surface area contributed by atoms with Gasteiger partial charge in [-0.3, -0.25) is 9.59 Å². The predicted octanol–water partition coefficient (Wildman–Crippen LogP) is 0.0950. The van der Waals surface area contributed by atoms with Crippen molar-refractivity contribution in [3.63, 3.8) is 0 Å². The van der Waals surface area contributed by atoms with Gasteiger partial charge in [0.25, 0.3) is 5.91 Å². The second kappa shape index (κ2) is 3.74. The van der Waals surface area contributed by atoms with Gasteiger partial charge in [0.15, 0.2) is 5.60 Å². The minimum atomic E-state index is -1.98. The Morgan fingerprint density at radius 3 is 2.88 bits per heavy atom. The molecule has 1 heterocycles. The number of benzene rings is 1. The number of methoxy groups -OCH3 is 1. The lowest BCUT2D eigenvalue weighted by Crippen LogP contribution is -2.36. The van der Waals surface area contributed by atoms with Crippen LogP contribution in [0, 0.1) is 0 Å². The van der Waals surface area contributed by atoms with Crippen molar-refractivity contribution in [2.45, 2.75) is 12.0 Å². The van der Waals surface area contributed by atoms with Crippen molar-refractivity contribution < 1.29 is 24.5 Å². The lowest BCUT2D eigenvalue weighted by atomic mass is 9.92. The van der Waals surface area contributed by atoms with Gasteiger partial charge >= 0.3 is 5.97 Å². The highest BCUT2D eigenvalue weighted by Crippen LogP contribution is 2.40. The van der Waals surface area contributed by atoms with Crippen molar-refractivity contribution in [3.05, 3.63) is 23.8 Å². The van der Waals surface area contributed by atoms with E-state index in [0.29, 0.717) is 5.69 Å². The number of anilines is 1. The number of carbonyl (C=O) groups is 2. The third-order valence-electron chi connectivity index (χ3n) is 2.70. The summed E-state index contributed by atoms with van der Waals surface area (Å²) in [6, 6.07) is 4.08. The van der Waals surface area contributed by atoms with Crippen molar-refractivity contribution in [1.29, 1.82) is 0 Å². The molecule has 1 aliphatic rings. The van der Waals surface area contributed by atoms with Crippen LogP contribution in [0.2, 0.25) is 0 Å². The summed E-state index contributed by atoms with van der Waals surface area (Å²) in [6.45, 7) is 0. The first-order valence-corrected chi connectivity index (χ1v) is 4.91. The third-order valence-corrected chi connectivity index (χ3v) is 2.70. The quantitative estimate of drug-likeness (QED) is 0.500. The Balaban J connectivity index is 2.45. The summed E-state index contributed by atoms with van der Waals surface area (Å²) in [6.07, 6.45) is -0.494. The third kappa shape index (κ3) is 1.72. The molecule has 2 rings (SSSR count). The maximum absolute atomic E-state index is 11.7. The molecule has 1 aliphatic heterocycles. The number of phenolic OH excluding ortho intramolecular Hbond substituents is 1. The SMILES string of the molecule is COC(=O)CC1(O)C(=O)Nc2ccc(O)cc21. The number of hydrogen-bond acceptors (Lipinski definition) is 5. The van der Waals surface area contributed by atoms with E-state index >= 15 is 0 Å². The second-order valence-electron chi connectivity index (χ2n) is 3.80. The molecule has 17 heavy (non-hydrogen) atoms. The van der Waals surface area contributed by atoms with Crippen LogP contribution in [0.1, 0.15) is 12.0 Å². The lowest BCUT2D eigenvalue weighted by Gasteiger charge is -2.19. The number of hydrogen-bond donors (Lipinski definition) is 3. The molecule has 6 nitrogen and oxygen atoms in total. The monoisotopic (exact) mass is 237 g/mol. The Morgan fingerprint density at radius 2 is 2.24 bits per heavy atom. The summed E-state index contributed by atoms with van der Waals surface area (Å²) in [4.78, 5) is 22.9. The zero-order valence-electron chi connectivity index (χ0n) is 9.06. The number of rotatable bonds is 2. The van der Waals surface area contributed by atoms with E-state index in [1.54, 1.807) is 0 Å². The predicted molar refractivity (Wildman–Crippen MR) is 57.3 cm³/mol. The van der Waals surface area contributed by atoms with Crippen LogP contribution in [-0.2, 0) is 19.9 Å². The van der Waals surface area contributed by atoms with E-state index in [9.17, 15) is 19.8 Å². The van der Waals surface area contributed by atoms with Gasteiger partial charge in [-0.2, -0.15) is 0 Å². The first-order chi connectivity index (χ1) is 7.97. The molecule has 0 radical (unpaired) electrons. The second-order valence-corrected chi connectivity index (χ2v) is 3.80. The Morgan fingerprint density at radius 1 is 1.53 bits per heavy atom. The molecular weight excluding hydrogens is 226 g/mol. The first-order valence-electron chi connectivity index (χ1n) is 4.91. The molecule has 0 spiro atoms. The Labute approximate surface area is 96.8 Å². The number of esters is 1. The van der Waals surface area contributed by atoms with Crippen LogP contribution in [0.5, 0.6) is 5.75 Å². The minimum Gasteiger partial charge on any atom is -0.508 e. The molecule has 0 bridgehead atoms. The van der Waals surface area contributed by atoms with E-state index in [1.165, 1.54) is 25.3 Å². The number of aromatic hydroxyl groups is 1. The number of aliphatic hydroxyl groups is 1. The zero-order valence-corrected chi connectivity index (χ0v) is 9.06. The summed E-state index contributed by atoms with van der Waals surface area (Å²) >= 11 is 0. The highest BCUT2D eigenvalue weighted by Gasteiger charge is 2.47. The molecule has 90 valence electrons. The number of fused-ring (bicyclic) bond motifs is 1. The smallest absolute Gasteiger partial charge is 0.309 e. The topological polar surface area (TPSA) is 95.9 Å². The van der Waals surface area contributed by atoms with Gasteiger partial charge < -0.3 is 20.3 Å². The minimum absolute atomic E-state index is 0.0939. The molecule has 1 amide bonds. The fourth-order valence-electron chi connectivity index (χ4n) is 1.79. The molecule has 0 saturated carbocycles. The molecule has 1 aromatic rings. The average Bonchev–Trinajstić information content (AvgIpc) is 2.52. The van der Waals surface area contributed by atoms with Gasteiger partial charge in [-0.25, -0.2) is 0 Å². The van der Waals surface area contributed by atoms with Crippen molar-refractivity contribution >= 4 is 17.6 Å². The van der Waals surface area contributed by atoms with Crippen molar-refractivity contribution in [3.8, 4) is 5.75 Å². The highest BCUT2D eigenvalue weighted by atomic mass is 16.5. The van der Waals surface area contributed by atoms with Crippen LogP contribution >= 0.6 is 0 Å². The van der Waals surface area contributed by atoms with E-state index in [0.717, 1.165) is 0 Å². The van der Waals surface area contributed by atoms with Gasteiger partial charge in [-0.15, -0.1) is 0 Å². The highest BCUT2D eigenvalue weighted by molar-refractivity contribution is 6.06. The molecule has 0 aliphatic carbocycles. The van der Waals surface area contributed by atoms with Crippen LogP contribution in [0.15, 0.2) is 18.2 Å². The van der Waals surface area contributed by atoms with E-state index < -0.39 is 23.9 Å². The van der Waals surface area contributed by atoms with Gasteiger partial charge in [0.05, 0.1) is 13.5 Å². The molecular formula is C11H11NO5. The molecule has 0 saturated heterocycles. The molecule has 0 aromatic heterocycles. The van der Waals surface area contributed by atoms with Gasteiger partial charge in [-0.05, 0) is 18.2 Å². The van der Waals surface area contributed by atoms with Gasteiger partial charge in [0.1, 0.15) is 5.75 Å². The number of carbonyl (C=O) groups excluding carboxylic acids is 2. The van der Waals surface area contributed by atoms with Crippen LogP contribution in [-0.4, -0.2) is 29.2 Å². The van der Waals surface area contributed by atoms with Gasteiger partial charge in [-0.1, -0.05) is 0 Å². The van der Waals surface area contributed by atoms with Gasteiger partial charge in [0.2, 0.25) is 0 Å². The van der Waals surface area contributed by atoms with Crippen LogP contribution < -0.4 is 5.32 Å². The van der Waals surface area contributed by atoms with Crippen LogP contribution in [0.4, 0.5) is 5.69 Å². The number of ether oxygens (including phenoxy) is 1. The fraction of sp³-hybridized carbons (Fsp3) is 0.273. The van der Waals surface area contributed by atoms with Crippen LogP contribution in [0.3, 0.4) is 0 Å². The number of amides is 1. The van der Waals surface area contributed by atoms with Crippen molar-refractivity contribution in [2.75, 3.05) is 12.4 Å². The summed E-state index contributed by atoms with van der Waals surface area (Å²) in [5.74, 6) is -1.51. The maximum Gasteiger partial charge on any atom is 0.309 e. The Bertz CT molecular complexity index is 499. The average molecular weight is 237 g/mol. The molecule has 6 heteroatoms. The first kappa shape index (κ1) is 11.4. The van der Waals surface area contributed by atoms with Crippen LogP contribution in [0.25, 0.3) is 0 Å². The molecule has 3 N–H and O–H groups in total. The van der Waals surface area contributed by atoms with E-state index in [1.807, 2.05) is 0 Å². The van der Waals surface area contributed by atoms with Crippen molar-refractivity contribution in [2.24, 2.45) is 0 Å². The Hall–Kier alpha value is -2.08. The van der Waals surface area contributed by atoms with Crippen molar-refractivity contribution in [1.82, 2.24) is 0 Å². The summed E-state index contributed by atoms with van der Waals surface area (Å²) in [5, 5.41) is 22.0. The normalized spacial score (nSPS) is 21.9. The summed E-state index contributed by atoms with van der Waals surface area (Å²) in [5.41, 5.74) is -1.44. The summed E-state index contributed by atoms with van der Waals surface area (Å²) < 4.78 is 4.43. The molecule has 1 aromatic carbocycles. The number of nitrogens with one attached hydrogen (secondary N) is 1. The standard InChI is InChI=1S/C11H11NO5/c1-17-9(14)5-11(16)7-4-6(13)2-3-8(7)12-10(11)15/h2-4,13,16H,5H2,1H3,(H,12,15). The zero-order chi connectivity index (χ0) is 12.6.